The summed E-state index contributed by atoms with van der Waals surface area (Å²) in [6.07, 6.45) is 6.46. The maximum Gasteiger partial charge on any atom is 0.166 e. The van der Waals surface area contributed by atoms with Crippen molar-refractivity contribution in [2.75, 3.05) is 19.4 Å². The molecule has 2 N–H and O–H groups in total. The van der Waals surface area contributed by atoms with Crippen LogP contribution in [0, 0.1) is 0 Å². The number of fused-ring (bicyclic) bond motifs is 1. The number of phenolic OH excluding ortho intramolecular Hbond substituents is 1. The number of pyridine rings is 1. The molecule has 0 saturated heterocycles. The van der Waals surface area contributed by atoms with Crippen molar-refractivity contribution in [3.8, 4) is 16.9 Å². The summed E-state index contributed by atoms with van der Waals surface area (Å²) in [6.45, 7) is 1.87. The van der Waals surface area contributed by atoms with Crippen LogP contribution >= 0.6 is 23.2 Å². The van der Waals surface area contributed by atoms with Gasteiger partial charge in [0.1, 0.15) is 0 Å². The standard InChI is InChI=1S/C26H29Cl2N3O2/c1-4-24(32)20-14-29-23-10-5-15(16-12-21(27)26(33)22(28)13-16)11-19(23)25(20)30-17-6-8-18(9-7-17)31(2)3/h5,10-14,17-18,33H,4,6-9H2,1-3H3,(H,29,30). The topological polar surface area (TPSA) is 65.5 Å². The molecule has 1 heterocycles. The molecule has 33 heavy (non-hydrogen) atoms. The second kappa shape index (κ2) is 9.88. The highest BCUT2D eigenvalue weighted by Crippen LogP contribution is 2.38. The normalized spacial score (nSPS) is 18.6. The largest absolute Gasteiger partial charge is 0.505 e. The number of carbonyl (C=O) groups is 1. The molecule has 1 aromatic heterocycles. The molecule has 0 atom stereocenters. The summed E-state index contributed by atoms with van der Waals surface area (Å²) in [5, 5.41) is 14.9. The Morgan fingerprint density at radius 2 is 1.76 bits per heavy atom. The Balaban J connectivity index is 1.77. The number of hydrogen-bond acceptors (Lipinski definition) is 5. The van der Waals surface area contributed by atoms with Gasteiger partial charge < -0.3 is 15.3 Å². The fourth-order valence-corrected chi connectivity index (χ4v) is 5.09. The van der Waals surface area contributed by atoms with Gasteiger partial charge in [0.2, 0.25) is 0 Å². The third-order valence-corrected chi connectivity index (χ3v) is 7.19. The van der Waals surface area contributed by atoms with Gasteiger partial charge in [0.25, 0.3) is 0 Å². The van der Waals surface area contributed by atoms with E-state index in [0.29, 0.717) is 24.1 Å². The summed E-state index contributed by atoms with van der Waals surface area (Å²) in [5.41, 5.74) is 3.95. The Hall–Kier alpha value is -2.34. The van der Waals surface area contributed by atoms with Crippen molar-refractivity contribution >= 4 is 45.6 Å². The average Bonchev–Trinajstić information content (AvgIpc) is 2.82. The van der Waals surface area contributed by atoms with Crippen molar-refractivity contribution in [3.05, 3.63) is 52.1 Å². The number of hydrogen-bond donors (Lipinski definition) is 2. The van der Waals surface area contributed by atoms with Crippen molar-refractivity contribution in [1.29, 1.82) is 0 Å². The number of nitrogens with zero attached hydrogens (tertiary/aromatic N) is 2. The molecule has 0 bridgehead atoms. The molecule has 1 aliphatic rings. The highest BCUT2D eigenvalue weighted by atomic mass is 35.5. The van der Waals surface area contributed by atoms with Gasteiger partial charge >= 0.3 is 0 Å². The summed E-state index contributed by atoms with van der Waals surface area (Å²) in [5.74, 6) is -0.0638. The molecular weight excluding hydrogens is 457 g/mol. The zero-order valence-corrected chi connectivity index (χ0v) is 20.7. The van der Waals surface area contributed by atoms with Crippen LogP contribution in [-0.4, -0.2) is 47.0 Å². The maximum atomic E-state index is 12.8. The van der Waals surface area contributed by atoms with Crippen LogP contribution in [0.3, 0.4) is 0 Å². The van der Waals surface area contributed by atoms with E-state index in [2.05, 4.69) is 29.3 Å². The van der Waals surface area contributed by atoms with Gasteiger partial charge in [0, 0.05) is 30.1 Å². The molecule has 174 valence electrons. The number of benzene rings is 2. The first-order chi connectivity index (χ1) is 15.8. The molecule has 7 heteroatoms. The molecule has 1 fully saturated rings. The lowest BCUT2D eigenvalue weighted by atomic mass is 9.90. The first-order valence-corrected chi connectivity index (χ1v) is 12.1. The number of ketones is 1. The first-order valence-electron chi connectivity index (χ1n) is 11.4. The van der Waals surface area contributed by atoms with E-state index in [-0.39, 0.29) is 21.6 Å². The van der Waals surface area contributed by atoms with Crippen LogP contribution in [-0.2, 0) is 0 Å². The molecule has 0 radical (unpaired) electrons. The highest BCUT2D eigenvalue weighted by molar-refractivity contribution is 6.37. The molecule has 2 aromatic carbocycles. The maximum absolute atomic E-state index is 12.8. The summed E-state index contributed by atoms with van der Waals surface area (Å²) in [7, 11) is 4.27. The van der Waals surface area contributed by atoms with Crippen LogP contribution in [0.5, 0.6) is 5.75 Å². The predicted molar refractivity (Wildman–Crippen MR) is 137 cm³/mol. The first kappa shape index (κ1) is 23.8. The zero-order valence-electron chi connectivity index (χ0n) is 19.2. The second-order valence-electron chi connectivity index (χ2n) is 8.96. The van der Waals surface area contributed by atoms with Crippen LogP contribution in [0.2, 0.25) is 10.0 Å². The Labute approximate surface area is 204 Å². The van der Waals surface area contributed by atoms with Crippen molar-refractivity contribution in [2.24, 2.45) is 0 Å². The van der Waals surface area contributed by atoms with Crippen molar-refractivity contribution < 1.29 is 9.90 Å². The fourth-order valence-electron chi connectivity index (χ4n) is 4.60. The number of phenols is 1. The summed E-state index contributed by atoms with van der Waals surface area (Å²) < 4.78 is 0. The van der Waals surface area contributed by atoms with E-state index >= 15 is 0 Å². The lowest BCUT2D eigenvalue weighted by Crippen LogP contribution is -2.36. The summed E-state index contributed by atoms with van der Waals surface area (Å²) >= 11 is 12.3. The van der Waals surface area contributed by atoms with Gasteiger partial charge in [-0.1, -0.05) is 36.2 Å². The minimum atomic E-state index is -0.129. The third-order valence-electron chi connectivity index (χ3n) is 6.62. The van der Waals surface area contributed by atoms with Crippen molar-refractivity contribution in [1.82, 2.24) is 9.88 Å². The SMILES string of the molecule is CCC(=O)c1cnc2ccc(-c3cc(Cl)c(O)c(Cl)c3)cc2c1NC1CCC(N(C)C)CC1. The molecule has 4 rings (SSSR count). The number of halogens is 2. The van der Waals surface area contributed by atoms with Gasteiger partial charge in [0.05, 0.1) is 26.8 Å². The average molecular weight is 486 g/mol. The van der Waals surface area contributed by atoms with E-state index in [1.807, 2.05) is 25.1 Å². The van der Waals surface area contributed by atoms with Crippen molar-refractivity contribution in [3.63, 3.8) is 0 Å². The molecule has 0 aliphatic heterocycles. The minimum Gasteiger partial charge on any atom is -0.505 e. The van der Waals surface area contributed by atoms with E-state index in [1.54, 1.807) is 18.3 Å². The Bertz CT molecular complexity index is 1160. The van der Waals surface area contributed by atoms with Crippen LogP contribution in [0.1, 0.15) is 49.4 Å². The Morgan fingerprint density at radius 1 is 1.09 bits per heavy atom. The van der Waals surface area contributed by atoms with Gasteiger partial charge in [-0.3, -0.25) is 9.78 Å². The van der Waals surface area contributed by atoms with Gasteiger partial charge in [-0.2, -0.15) is 0 Å². The summed E-state index contributed by atoms with van der Waals surface area (Å²) in [4.78, 5) is 19.7. The second-order valence-corrected chi connectivity index (χ2v) is 9.77. The number of aromatic nitrogens is 1. The smallest absolute Gasteiger partial charge is 0.166 e. The lowest BCUT2D eigenvalue weighted by molar-refractivity contribution is 0.0988. The van der Waals surface area contributed by atoms with E-state index in [9.17, 15) is 9.90 Å². The van der Waals surface area contributed by atoms with Gasteiger partial charge in [-0.15, -0.1) is 0 Å². The molecule has 1 saturated carbocycles. The quantitative estimate of drug-likeness (QED) is 0.376. The van der Waals surface area contributed by atoms with Gasteiger partial charge in [-0.05, 0) is 75.2 Å². The molecule has 0 unspecified atom stereocenters. The number of nitrogens with one attached hydrogen (secondary N) is 1. The third kappa shape index (κ3) is 4.96. The van der Waals surface area contributed by atoms with E-state index in [0.717, 1.165) is 53.4 Å². The molecule has 0 amide bonds. The predicted octanol–water partition coefficient (Wildman–Crippen LogP) is 6.79. The van der Waals surface area contributed by atoms with Crippen LogP contribution < -0.4 is 5.32 Å². The molecule has 0 spiro atoms. The Morgan fingerprint density at radius 3 is 2.36 bits per heavy atom. The van der Waals surface area contributed by atoms with Gasteiger partial charge in [0.15, 0.2) is 11.5 Å². The number of aromatic hydroxyl groups is 1. The van der Waals surface area contributed by atoms with E-state index in [4.69, 9.17) is 23.2 Å². The van der Waals surface area contributed by atoms with Crippen LogP contribution in [0.25, 0.3) is 22.0 Å². The van der Waals surface area contributed by atoms with Crippen LogP contribution in [0.4, 0.5) is 5.69 Å². The van der Waals surface area contributed by atoms with Gasteiger partial charge in [-0.25, -0.2) is 0 Å². The van der Waals surface area contributed by atoms with Crippen LogP contribution in [0.15, 0.2) is 36.5 Å². The zero-order chi connectivity index (χ0) is 23.7. The number of rotatable bonds is 6. The van der Waals surface area contributed by atoms with E-state index in [1.165, 1.54) is 0 Å². The molecule has 3 aromatic rings. The number of Topliss-reactive ketones (excluding diaryl/α,β-unsaturated/α-hetero) is 1. The molecular formula is C26H29Cl2N3O2. The monoisotopic (exact) mass is 485 g/mol. The van der Waals surface area contributed by atoms with E-state index < -0.39 is 0 Å². The Kier molecular flexibility index (Phi) is 7.13. The molecule has 5 nitrogen and oxygen atoms in total. The lowest BCUT2D eigenvalue weighted by Gasteiger charge is -2.34. The molecule has 1 aliphatic carbocycles. The fraction of sp³-hybridized carbons (Fsp3) is 0.385. The highest BCUT2D eigenvalue weighted by Gasteiger charge is 2.24. The number of carbonyl (C=O) groups excluding carboxylic acids is 1. The summed E-state index contributed by atoms with van der Waals surface area (Å²) in [6, 6.07) is 10.2. The van der Waals surface area contributed by atoms with Crippen molar-refractivity contribution in [2.45, 2.75) is 51.1 Å². The number of anilines is 1. The minimum absolute atomic E-state index is 0.0648.